The topological polar surface area (TPSA) is 52.4 Å². The lowest BCUT2D eigenvalue weighted by Crippen LogP contribution is -2.48. The minimum Gasteiger partial charge on any atom is -0.401 e. The van der Waals surface area contributed by atoms with Crippen LogP contribution >= 0.6 is 0 Å². The SMILES string of the molecule is C[C@](O[Si](C)(C)C)(c1ccc([N+](=O)[O-])cc1)C(F)(F)F. The van der Waals surface area contributed by atoms with Gasteiger partial charge >= 0.3 is 6.18 Å². The molecule has 0 saturated carbocycles. The highest BCUT2D eigenvalue weighted by molar-refractivity contribution is 6.69. The van der Waals surface area contributed by atoms with Crippen molar-refractivity contribution < 1.29 is 22.5 Å². The molecule has 112 valence electrons. The first-order valence-corrected chi connectivity index (χ1v) is 9.29. The highest BCUT2D eigenvalue weighted by atomic mass is 28.4. The molecule has 0 aliphatic carbocycles. The van der Waals surface area contributed by atoms with Gasteiger partial charge in [0, 0.05) is 12.1 Å². The Balaban J connectivity index is 3.28. The van der Waals surface area contributed by atoms with Gasteiger partial charge in [-0.2, -0.15) is 13.2 Å². The first kappa shape index (κ1) is 16.6. The minimum absolute atomic E-state index is 0.141. The van der Waals surface area contributed by atoms with Crippen LogP contribution in [0.1, 0.15) is 12.5 Å². The zero-order valence-corrected chi connectivity index (χ0v) is 12.6. The van der Waals surface area contributed by atoms with Crippen molar-refractivity contribution in [2.75, 3.05) is 0 Å². The number of nitrogens with zero attached hydrogens (tertiary/aromatic N) is 1. The van der Waals surface area contributed by atoms with Crippen molar-refractivity contribution in [3.05, 3.63) is 39.9 Å². The van der Waals surface area contributed by atoms with Crippen LogP contribution in [0.15, 0.2) is 24.3 Å². The van der Waals surface area contributed by atoms with Crippen LogP contribution in [0.25, 0.3) is 0 Å². The molecule has 0 bridgehead atoms. The second kappa shape index (κ2) is 5.17. The maximum atomic E-state index is 13.3. The van der Waals surface area contributed by atoms with Gasteiger partial charge in [0.15, 0.2) is 13.9 Å². The van der Waals surface area contributed by atoms with Crippen LogP contribution in [-0.4, -0.2) is 19.4 Å². The van der Waals surface area contributed by atoms with Crippen molar-refractivity contribution in [2.24, 2.45) is 0 Å². The lowest BCUT2D eigenvalue weighted by molar-refractivity contribution is -0.384. The van der Waals surface area contributed by atoms with Crippen LogP contribution < -0.4 is 0 Å². The minimum atomic E-state index is -4.61. The molecule has 0 aliphatic heterocycles. The molecule has 0 fully saturated rings. The predicted molar refractivity (Wildman–Crippen MR) is 70.9 cm³/mol. The second-order valence-electron chi connectivity index (χ2n) is 5.55. The van der Waals surface area contributed by atoms with Crippen LogP contribution in [0.3, 0.4) is 0 Å². The van der Waals surface area contributed by atoms with E-state index in [9.17, 15) is 23.3 Å². The molecule has 0 N–H and O–H groups in total. The highest BCUT2D eigenvalue weighted by Gasteiger charge is 2.55. The van der Waals surface area contributed by atoms with Gasteiger partial charge in [0.2, 0.25) is 0 Å². The van der Waals surface area contributed by atoms with Crippen molar-refractivity contribution in [1.82, 2.24) is 0 Å². The van der Waals surface area contributed by atoms with Crippen LogP contribution in [0, 0.1) is 10.1 Å². The number of nitro groups is 1. The van der Waals surface area contributed by atoms with Gasteiger partial charge in [-0.05, 0) is 44.3 Å². The van der Waals surface area contributed by atoms with Crippen molar-refractivity contribution in [1.29, 1.82) is 0 Å². The lowest BCUT2D eigenvalue weighted by atomic mass is 9.95. The van der Waals surface area contributed by atoms with E-state index in [-0.39, 0.29) is 11.3 Å². The molecule has 0 unspecified atom stereocenters. The molecular formula is C12H16F3NO3Si. The Morgan fingerprint density at radius 1 is 1.15 bits per heavy atom. The zero-order chi connectivity index (χ0) is 15.8. The number of alkyl halides is 3. The summed E-state index contributed by atoms with van der Waals surface area (Å²) < 4.78 is 45.3. The smallest absolute Gasteiger partial charge is 0.401 e. The fraction of sp³-hybridized carbons (Fsp3) is 0.500. The van der Waals surface area contributed by atoms with E-state index < -0.39 is 25.0 Å². The lowest BCUT2D eigenvalue weighted by Gasteiger charge is -2.38. The van der Waals surface area contributed by atoms with Gasteiger partial charge in [0.1, 0.15) is 0 Å². The summed E-state index contributed by atoms with van der Waals surface area (Å²) in [6.07, 6.45) is -4.61. The highest BCUT2D eigenvalue weighted by Crippen LogP contribution is 2.44. The number of non-ortho nitro benzene ring substituents is 1. The van der Waals surface area contributed by atoms with Gasteiger partial charge in [-0.1, -0.05) is 0 Å². The van der Waals surface area contributed by atoms with Crippen molar-refractivity contribution >= 4 is 14.0 Å². The van der Waals surface area contributed by atoms with Gasteiger partial charge < -0.3 is 4.43 Å². The van der Waals surface area contributed by atoms with E-state index in [1.165, 1.54) is 0 Å². The predicted octanol–water partition coefficient (Wildman–Crippen LogP) is 4.22. The van der Waals surface area contributed by atoms with Crippen LogP contribution in [0.4, 0.5) is 18.9 Å². The van der Waals surface area contributed by atoms with Crippen LogP contribution in [0.5, 0.6) is 0 Å². The first-order chi connectivity index (χ1) is 8.87. The monoisotopic (exact) mass is 307 g/mol. The quantitative estimate of drug-likeness (QED) is 0.475. The number of halogens is 3. The summed E-state index contributed by atoms with van der Waals surface area (Å²) in [7, 11) is -2.47. The molecule has 0 amide bonds. The molecule has 0 radical (unpaired) electrons. The third kappa shape index (κ3) is 3.57. The number of benzene rings is 1. The maximum absolute atomic E-state index is 13.3. The third-order valence-electron chi connectivity index (χ3n) is 2.68. The van der Waals surface area contributed by atoms with E-state index in [4.69, 9.17) is 4.43 Å². The molecule has 0 saturated heterocycles. The maximum Gasteiger partial charge on any atom is 0.420 e. The number of hydrogen-bond donors (Lipinski definition) is 0. The summed E-state index contributed by atoms with van der Waals surface area (Å²) in [5.41, 5.74) is -2.86. The summed E-state index contributed by atoms with van der Waals surface area (Å²) in [4.78, 5) is 9.89. The Morgan fingerprint density at radius 2 is 1.60 bits per heavy atom. The Kier molecular flexibility index (Phi) is 4.30. The van der Waals surface area contributed by atoms with Crippen LogP contribution in [0.2, 0.25) is 19.6 Å². The Labute approximate surface area is 115 Å². The van der Waals surface area contributed by atoms with Crippen molar-refractivity contribution in [2.45, 2.75) is 38.3 Å². The van der Waals surface area contributed by atoms with Gasteiger partial charge in [0.05, 0.1) is 4.92 Å². The fourth-order valence-electron chi connectivity index (χ4n) is 1.79. The standard InChI is InChI=1S/C12H16F3NO3Si/c1-11(12(13,14)15,19-20(2,3)4)9-5-7-10(8-6-9)16(17)18/h5-8H,1-4H3/t11-/m0/s1. The number of nitro benzene ring substituents is 1. The average molecular weight is 307 g/mol. The molecule has 0 heterocycles. The molecule has 1 atom stereocenters. The summed E-state index contributed by atoms with van der Waals surface area (Å²) in [6, 6.07) is 4.28. The van der Waals surface area contributed by atoms with Crippen molar-refractivity contribution in [3.63, 3.8) is 0 Å². The Hall–Kier alpha value is -1.41. The molecule has 4 nitrogen and oxygen atoms in total. The first-order valence-electron chi connectivity index (χ1n) is 5.89. The van der Waals surface area contributed by atoms with Crippen LogP contribution in [-0.2, 0) is 10.0 Å². The van der Waals surface area contributed by atoms with E-state index in [2.05, 4.69) is 0 Å². The number of hydrogen-bond acceptors (Lipinski definition) is 3. The molecule has 0 spiro atoms. The molecule has 0 aromatic heterocycles. The fourth-order valence-corrected chi connectivity index (χ4v) is 3.25. The third-order valence-corrected chi connectivity index (χ3v) is 3.70. The normalized spacial score (nSPS) is 15.8. The summed E-state index contributed by atoms with van der Waals surface area (Å²) in [5.74, 6) is 0. The molecule has 20 heavy (non-hydrogen) atoms. The van der Waals surface area contributed by atoms with Gasteiger partial charge in [0.25, 0.3) is 5.69 Å². The van der Waals surface area contributed by atoms with E-state index in [0.29, 0.717) is 0 Å². The number of rotatable bonds is 4. The molecule has 8 heteroatoms. The molecular weight excluding hydrogens is 291 g/mol. The van der Waals surface area contributed by atoms with Gasteiger partial charge in [-0.15, -0.1) is 0 Å². The van der Waals surface area contributed by atoms with Gasteiger partial charge in [-0.3, -0.25) is 10.1 Å². The second-order valence-corrected chi connectivity index (χ2v) is 9.98. The summed E-state index contributed by atoms with van der Waals surface area (Å²) >= 11 is 0. The molecule has 0 aliphatic rings. The van der Waals surface area contributed by atoms with Crippen molar-refractivity contribution in [3.8, 4) is 0 Å². The zero-order valence-electron chi connectivity index (χ0n) is 11.6. The molecule has 1 aromatic rings. The van der Waals surface area contributed by atoms with Gasteiger partial charge in [-0.25, -0.2) is 0 Å². The average Bonchev–Trinajstić information content (AvgIpc) is 2.25. The van der Waals surface area contributed by atoms with E-state index in [1.807, 2.05) is 0 Å². The summed E-state index contributed by atoms with van der Waals surface area (Å²) in [6.45, 7) is 5.92. The van der Waals surface area contributed by atoms with E-state index in [0.717, 1.165) is 31.2 Å². The Bertz CT molecular complexity index is 496. The molecule has 1 aromatic carbocycles. The Morgan fingerprint density at radius 3 is 1.90 bits per heavy atom. The molecule has 1 rings (SSSR count). The largest absolute Gasteiger partial charge is 0.420 e. The van der Waals surface area contributed by atoms with E-state index >= 15 is 0 Å². The van der Waals surface area contributed by atoms with E-state index in [1.54, 1.807) is 19.6 Å². The summed E-state index contributed by atoms with van der Waals surface area (Å²) in [5, 5.41) is 10.5.